The second kappa shape index (κ2) is 8.37. The zero-order chi connectivity index (χ0) is 16.7. The first kappa shape index (κ1) is 20.7. The highest BCUT2D eigenvalue weighted by Crippen LogP contribution is 2.33. The lowest BCUT2D eigenvalue weighted by Gasteiger charge is -2.24. The molecule has 2 aliphatic heterocycles. The fraction of sp³-hybridized carbons (Fsp3) is 0.444. The zero-order valence-corrected chi connectivity index (χ0v) is 16.2. The van der Waals surface area contributed by atoms with Crippen molar-refractivity contribution in [3.8, 4) is 11.3 Å². The maximum absolute atomic E-state index is 13.6. The lowest BCUT2D eigenvalue weighted by atomic mass is 9.94. The van der Waals surface area contributed by atoms with Gasteiger partial charge in [-0.2, -0.15) is 4.98 Å². The minimum atomic E-state index is -0.276. The second-order valence-corrected chi connectivity index (χ2v) is 6.76. The van der Waals surface area contributed by atoms with Crippen molar-refractivity contribution < 1.29 is 4.39 Å². The van der Waals surface area contributed by atoms with E-state index in [0.29, 0.717) is 17.7 Å². The largest absolute Gasteiger partial charge is 0.368 e. The Hall–Kier alpha value is -1.63. The summed E-state index contributed by atoms with van der Waals surface area (Å²) in [6.07, 6.45) is 2.49. The summed E-state index contributed by atoms with van der Waals surface area (Å²) < 4.78 is 13.6. The van der Waals surface area contributed by atoms with Crippen LogP contribution in [0.3, 0.4) is 0 Å². The van der Waals surface area contributed by atoms with E-state index < -0.39 is 0 Å². The number of aromatic nitrogens is 2. The summed E-state index contributed by atoms with van der Waals surface area (Å²) >= 11 is 0. The lowest BCUT2D eigenvalue weighted by molar-refractivity contribution is 0.340. The number of nitrogens with zero attached hydrogens (tertiary/aromatic N) is 3. The first-order chi connectivity index (χ1) is 11.6. The number of nitrogens with two attached hydrogens (primary N) is 1. The van der Waals surface area contributed by atoms with E-state index in [4.69, 9.17) is 5.73 Å². The molecule has 1 aromatic carbocycles. The number of hydrogen-bond acceptors (Lipinski definition) is 5. The van der Waals surface area contributed by atoms with Crippen molar-refractivity contribution >= 4 is 36.6 Å². The molecule has 8 heteroatoms. The third-order valence-corrected chi connectivity index (χ3v) is 5.13. The van der Waals surface area contributed by atoms with Crippen molar-refractivity contribution in [3.05, 3.63) is 35.6 Å². The predicted octanol–water partition coefficient (Wildman–Crippen LogP) is 3.21. The number of halogens is 3. The van der Waals surface area contributed by atoms with Gasteiger partial charge in [0.05, 0.1) is 5.69 Å². The number of hydrogen-bond donors (Lipinski definition) is 2. The topological polar surface area (TPSA) is 67.1 Å². The molecule has 3 N–H and O–H groups in total. The summed E-state index contributed by atoms with van der Waals surface area (Å²) in [5, 5.41) is 3.60. The number of nitrogen functional groups attached to an aromatic ring is 1. The van der Waals surface area contributed by atoms with E-state index in [2.05, 4.69) is 20.2 Å². The van der Waals surface area contributed by atoms with Crippen LogP contribution in [-0.2, 0) is 0 Å². The van der Waals surface area contributed by atoms with Gasteiger partial charge in [0, 0.05) is 30.3 Å². The third-order valence-electron chi connectivity index (χ3n) is 5.13. The third kappa shape index (κ3) is 3.87. The first-order valence-electron chi connectivity index (χ1n) is 8.50. The van der Waals surface area contributed by atoms with Gasteiger partial charge in [0.2, 0.25) is 5.95 Å². The molecule has 142 valence electrons. The molecule has 2 aromatic rings. The van der Waals surface area contributed by atoms with Crippen LogP contribution in [0.5, 0.6) is 0 Å². The minimum Gasteiger partial charge on any atom is -0.368 e. The highest BCUT2D eigenvalue weighted by molar-refractivity contribution is 5.85. The SMILES string of the molecule is Cc1c(-c2cccc(F)c2)nc(N)nc1N1C[C@H]2CCCN[C@H]2C1.Cl.Cl. The van der Waals surface area contributed by atoms with Crippen molar-refractivity contribution in [2.45, 2.75) is 25.8 Å². The molecule has 0 saturated carbocycles. The van der Waals surface area contributed by atoms with Gasteiger partial charge in [0.1, 0.15) is 11.6 Å². The van der Waals surface area contributed by atoms with Gasteiger partial charge in [-0.15, -0.1) is 24.8 Å². The van der Waals surface area contributed by atoms with E-state index in [0.717, 1.165) is 36.6 Å². The second-order valence-electron chi connectivity index (χ2n) is 6.76. The zero-order valence-electron chi connectivity index (χ0n) is 14.6. The minimum absolute atomic E-state index is 0. The number of rotatable bonds is 2. The number of benzene rings is 1. The maximum Gasteiger partial charge on any atom is 0.222 e. The normalized spacial score (nSPS) is 21.5. The van der Waals surface area contributed by atoms with Crippen molar-refractivity contribution in [2.75, 3.05) is 30.3 Å². The van der Waals surface area contributed by atoms with Crippen LogP contribution >= 0.6 is 24.8 Å². The van der Waals surface area contributed by atoms with Gasteiger partial charge in [-0.25, -0.2) is 9.37 Å². The van der Waals surface area contributed by atoms with E-state index in [1.807, 2.05) is 13.0 Å². The quantitative estimate of drug-likeness (QED) is 0.811. The van der Waals surface area contributed by atoms with E-state index in [1.54, 1.807) is 6.07 Å². The summed E-state index contributed by atoms with van der Waals surface area (Å²) in [6, 6.07) is 6.99. The molecule has 0 aliphatic carbocycles. The van der Waals surface area contributed by atoms with Gasteiger partial charge in [-0.1, -0.05) is 12.1 Å². The molecular weight excluding hydrogens is 376 g/mol. The maximum atomic E-state index is 13.6. The Balaban J connectivity index is 0.00000121. The summed E-state index contributed by atoms with van der Waals surface area (Å²) in [7, 11) is 0. The highest BCUT2D eigenvalue weighted by atomic mass is 35.5. The van der Waals surface area contributed by atoms with Crippen LogP contribution in [0, 0.1) is 18.7 Å². The molecular formula is C18H24Cl2FN5. The smallest absolute Gasteiger partial charge is 0.222 e. The monoisotopic (exact) mass is 399 g/mol. The summed E-state index contributed by atoms with van der Waals surface area (Å²) in [5.41, 5.74) is 8.35. The molecule has 26 heavy (non-hydrogen) atoms. The Labute approximate surface area is 165 Å². The van der Waals surface area contributed by atoms with Crippen LogP contribution < -0.4 is 16.0 Å². The number of anilines is 2. The lowest BCUT2D eigenvalue weighted by Crippen LogP contribution is -2.40. The molecule has 4 rings (SSSR count). The molecule has 0 unspecified atom stereocenters. The standard InChI is InChI=1S/C18H22FN5.2ClH/c1-11-16(12-4-2-6-14(19)8-12)22-18(20)23-17(11)24-9-13-5-3-7-21-15(13)10-24;;/h2,4,6,8,13,15,21H,3,5,7,9-10H2,1H3,(H2,20,22,23);2*1H/t13-,15+;;/m1../s1. The molecule has 2 atom stereocenters. The molecule has 2 fully saturated rings. The van der Waals surface area contributed by atoms with Crippen molar-refractivity contribution in [3.63, 3.8) is 0 Å². The van der Waals surface area contributed by atoms with Gasteiger partial charge >= 0.3 is 0 Å². The molecule has 3 heterocycles. The van der Waals surface area contributed by atoms with E-state index in [1.165, 1.54) is 25.0 Å². The summed E-state index contributed by atoms with van der Waals surface area (Å²) in [5.74, 6) is 1.49. The van der Waals surface area contributed by atoms with Crippen LogP contribution in [0.15, 0.2) is 24.3 Å². The van der Waals surface area contributed by atoms with Gasteiger partial charge in [0.15, 0.2) is 0 Å². The molecule has 1 aromatic heterocycles. The molecule has 0 radical (unpaired) electrons. The first-order valence-corrected chi connectivity index (χ1v) is 8.50. The number of nitrogens with one attached hydrogen (secondary N) is 1. The van der Waals surface area contributed by atoms with Gasteiger partial charge in [-0.05, 0) is 44.4 Å². The molecule has 2 saturated heterocycles. The molecule has 2 aliphatic rings. The Bertz CT molecular complexity index is 759. The fourth-order valence-corrected chi connectivity index (χ4v) is 3.97. The summed E-state index contributed by atoms with van der Waals surface area (Å²) in [4.78, 5) is 11.2. The van der Waals surface area contributed by atoms with Gasteiger partial charge in [0.25, 0.3) is 0 Å². The Morgan fingerprint density at radius 2 is 2.04 bits per heavy atom. The Morgan fingerprint density at radius 3 is 2.77 bits per heavy atom. The van der Waals surface area contributed by atoms with Crippen LogP contribution in [-0.4, -0.2) is 35.6 Å². The van der Waals surface area contributed by atoms with Crippen molar-refractivity contribution in [1.82, 2.24) is 15.3 Å². The number of fused-ring (bicyclic) bond motifs is 1. The van der Waals surface area contributed by atoms with Crippen molar-refractivity contribution in [1.29, 1.82) is 0 Å². The summed E-state index contributed by atoms with van der Waals surface area (Å²) in [6.45, 7) is 5.00. The average Bonchev–Trinajstić information content (AvgIpc) is 3.00. The fourth-order valence-electron chi connectivity index (χ4n) is 3.97. The predicted molar refractivity (Wildman–Crippen MR) is 108 cm³/mol. The van der Waals surface area contributed by atoms with Crippen molar-refractivity contribution in [2.24, 2.45) is 5.92 Å². The van der Waals surface area contributed by atoms with Crippen LogP contribution in [0.1, 0.15) is 18.4 Å². The molecule has 0 amide bonds. The Kier molecular flexibility index (Phi) is 6.66. The van der Waals surface area contributed by atoms with Crippen LogP contribution in [0.25, 0.3) is 11.3 Å². The van der Waals surface area contributed by atoms with Gasteiger partial charge < -0.3 is 16.0 Å². The van der Waals surface area contributed by atoms with E-state index >= 15 is 0 Å². The molecule has 0 spiro atoms. The van der Waals surface area contributed by atoms with E-state index in [9.17, 15) is 4.39 Å². The molecule has 5 nitrogen and oxygen atoms in total. The molecule has 0 bridgehead atoms. The van der Waals surface area contributed by atoms with Crippen LogP contribution in [0.2, 0.25) is 0 Å². The highest BCUT2D eigenvalue weighted by Gasteiger charge is 2.35. The number of piperidine rings is 1. The Morgan fingerprint density at radius 1 is 1.23 bits per heavy atom. The average molecular weight is 400 g/mol. The van der Waals surface area contributed by atoms with Crippen LogP contribution in [0.4, 0.5) is 16.2 Å². The van der Waals surface area contributed by atoms with E-state index in [-0.39, 0.29) is 36.6 Å². The van der Waals surface area contributed by atoms with Gasteiger partial charge in [-0.3, -0.25) is 0 Å².